The number of nitrogens with zero attached hydrogens (tertiary/aromatic N) is 1. The Morgan fingerprint density at radius 2 is 1.13 bits per heavy atom. The molecule has 5 heterocycles. The van der Waals surface area contributed by atoms with E-state index in [4.69, 9.17) is 70.1 Å². The monoisotopic (exact) mass is 1770 g/mol. The number of hydrogen-bond donors (Lipinski definition) is 1. The summed E-state index contributed by atoms with van der Waals surface area (Å²) in [5.74, 6) is -4.02. The molecule has 6 rings (SSSR count). The van der Waals surface area contributed by atoms with Gasteiger partial charge in [-0.25, -0.2) is 9.59 Å². The van der Waals surface area contributed by atoms with Crippen LogP contribution in [0.3, 0.4) is 0 Å². The molecule has 1 aromatic rings. The van der Waals surface area contributed by atoms with Gasteiger partial charge in [0, 0.05) is 51.3 Å². The fraction of sp³-hybridized carbons (Fsp3) is 0.682. The summed E-state index contributed by atoms with van der Waals surface area (Å²) in [5.41, 5.74) is 0.166. The second kappa shape index (κ2) is 50.1. The van der Waals surface area contributed by atoms with E-state index in [2.05, 4.69) is 160 Å². The fourth-order valence-electron chi connectivity index (χ4n) is 16.9. The number of hydrogen-bond acceptors (Lipinski definition) is 21. The third-order valence-electron chi connectivity index (χ3n) is 25.0. The lowest BCUT2D eigenvalue weighted by Crippen LogP contribution is -2.68. The smallest absolute Gasteiger partial charge is 0.407 e. The van der Waals surface area contributed by atoms with Gasteiger partial charge >= 0.3 is 24.0 Å². The van der Waals surface area contributed by atoms with Crippen molar-refractivity contribution in [3.8, 4) is 0 Å². The van der Waals surface area contributed by atoms with Gasteiger partial charge in [0.05, 0.1) is 77.9 Å². The summed E-state index contributed by atoms with van der Waals surface area (Å²) in [7, 11) is -2.36. The summed E-state index contributed by atoms with van der Waals surface area (Å²) < 4.78 is 105. The molecule has 1 amide bonds. The van der Waals surface area contributed by atoms with E-state index in [0.29, 0.717) is 37.8 Å². The van der Waals surface area contributed by atoms with E-state index in [-0.39, 0.29) is 103 Å². The van der Waals surface area contributed by atoms with Gasteiger partial charge in [0.1, 0.15) is 31.3 Å². The molecule has 11 unspecified atom stereocenters. The summed E-state index contributed by atoms with van der Waals surface area (Å²) >= 11 is 0. The molecule has 30 heteroatoms. The number of rotatable bonds is 29. The Morgan fingerprint density at radius 1 is 0.619 bits per heavy atom. The van der Waals surface area contributed by atoms with Gasteiger partial charge in [0.2, 0.25) is 0 Å². The number of nitro benzene ring substituents is 1. The molecule has 0 saturated carbocycles. The molecule has 4 saturated heterocycles. The third-order valence-corrected chi connectivity index (χ3v) is 44.1. The highest BCUT2D eigenvalue weighted by atomic mass is 32.0. The highest BCUT2D eigenvalue weighted by Gasteiger charge is 2.58. The van der Waals surface area contributed by atoms with Crippen molar-refractivity contribution in [1.29, 1.82) is 0 Å². The number of alkyl carbamates (subject to hydrolysis) is 1. The van der Waals surface area contributed by atoms with Crippen molar-refractivity contribution in [1.82, 2.24) is 5.32 Å². The van der Waals surface area contributed by atoms with Crippen LogP contribution >= 0.6 is 33.1 Å². The quantitative estimate of drug-likeness (QED) is 0.0149. The number of carbonyl (C=O) groups excluding carboxylic acids is 4. The van der Waals surface area contributed by atoms with Crippen molar-refractivity contribution in [2.45, 2.75) is 325 Å². The van der Waals surface area contributed by atoms with Gasteiger partial charge in [-0.2, -0.15) is 0 Å². The summed E-state index contributed by atoms with van der Waals surface area (Å²) in [6.45, 7) is 48.0. The van der Waals surface area contributed by atoms with Crippen LogP contribution in [0.15, 0.2) is 135 Å². The van der Waals surface area contributed by atoms with Crippen LogP contribution < -0.4 is 5.32 Å². The van der Waals surface area contributed by atoms with Crippen molar-refractivity contribution in [3.63, 3.8) is 0 Å². The van der Waals surface area contributed by atoms with Crippen molar-refractivity contribution < 1.29 is 94.2 Å². The minimum atomic E-state index is -2.78. The second-order valence-electron chi connectivity index (χ2n) is 33.3. The average molecular weight is 1770 g/mol. The van der Waals surface area contributed by atoms with Gasteiger partial charge in [0.25, 0.3) is 5.69 Å². The number of esters is 3. The molecule has 664 valence electrons. The first-order valence-corrected chi connectivity index (χ1v) is 57.0. The minimum Gasteiger partial charge on any atom is -0.462 e. The Labute approximate surface area is 716 Å². The molecule has 25 atom stereocenters. The lowest BCUT2D eigenvalue weighted by molar-refractivity contribution is -0.384. The zero-order chi connectivity index (χ0) is 87.2. The molecule has 5 aliphatic rings. The molecule has 6 bridgehead atoms. The van der Waals surface area contributed by atoms with Crippen LogP contribution in [0.4, 0.5) is 10.5 Å². The first-order valence-electron chi connectivity index (χ1n) is 42.9. The van der Waals surface area contributed by atoms with E-state index >= 15 is 4.79 Å². The number of fused-ring (bicyclic) bond motifs is 6. The molecule has 1 N–H and O–H groups in total. The van der Waals surface area contributed by atoms with E-state index < -0.39 is 160 Å². The Bertz CT molecular complexity index is 3520. The van der Waals surface area contributed by atoms with Gasteiger partial charge < -0.3 is 75.4 Å². The Balaban J connectivity index is 1.61. The largest absolute Gasteiger partial charge is 0.462 e. The average Bonchev–Trinajstić information content (AvgIpc) is 0.759. The van der Waals surface area contributed by atoms with Crippen LogP contribution in [0, 0.1) is 33.8 Å². The minimum absolute atomic E-state index is 0.0331. The molecule has 0 aliphatic carbocycles. The standard InChI is InChI=1S/C88H144N2O21P4Si3/c1-23-51-98-83(93)78-75-54-69(102-84-81(107-82(92)67-45-47-68(48-46-67)90(95)96)79(89-85(94)99-52-24-2)80(66(19)101-84)111-118(29-7,30-8)61(13)14)44-42-40-38-36-34-32-31-33-35-37-39-41-43-62(15)63(16)64(17)65(18)100-77(91)56-71-53-70(103-86(104-71)114(21)112)49-50-73(109-116(25-3,26-4)59(9)10)74-55-72(105-87(106-74)115(22)113)57-88(97-20,108-75)58-76(78)110-117(27-5,28-6)60(11)12/h23-24,31-48,59-66,69-76,78-81,84,86-87H,1-2,25-30,49-58,112-113H2,3-22H3,(H,89,94)/b32-31+,35-33+,36-34+,39-37+,40-38+,43-41+,44-42+/t62-,63+,64+,65-,66+,69-,70?,71?,72?,73+,74?,75?,76-,78-,79-,80+,81+,84-,86?,87?,88+,114?,115?/m0/s1. The number of allylic oxidation sites excluding steroid dienone is 13. The van der Waals surface area contributed by atoms with Crippen LogP contribution in [0.2, 0.25) is 52.9 Å². The Hall–Kier alpha value is -4.11. The molecule has 0 radical (unpaired) electrons. The Kier molecular flexibility index (Phi) is 43.6. The highest BCUT2D eigenvalue weighted by Crippen LogP contribution is 2.54. The number of ether oxygens (including phenoxy) is 12. The van der Waals surface area contributed by atoms with Crippen LogP contribution in [-0.2, 0) is 79.7 Å². The number of cyclic esters (lactones) is 1. The maximum atomic E-state index is 15.6. The molecule has 1 aromatic carbocycles. The van der Waals surface area contributed by atoms with Crippen molar-refractivity contribution in [3.05, 3.63) is 150 Å². The summed E-state index contributed by atoms with van der Waals surface area (Å²) in [6.07, 6.45) is 20.7. The van der Waals surface area contributed by atoms with E-state index in [1.165, 1.54) is 36.4 Å². The molecular weight excluding hydrogens is 1630 g/mol. The van der Waals surface area contributed by atoms with Crippen LogP contribution in [-0.4, -0.2) is 191 Å². The fourth-order valence-corrected chi connectivity index (χ4v) is 30.0. The number of carbonyl (C=O) groups is 4. The molecule has 0 spiro atoms. The number of non-ortho nitro benzene ring substituents is 1. The zero-order valence-corrected chi connectivity index (χ0v) is 81.2. The zero-order valence-electron chi connectivity index (χ0n) is 74.1. The predicted octanol–water partition coefficient (Wildman–Crippen LogP) is 20.8. The number of methoxy groups -OCH3 is 1. The lowest BCUT2D eigenvalue weighted by Gasteiger charge is -2.52. The first kappa shape index (κ1) is 103. The normalized spacial score (nSPS) is 33.4. The van der Waals surface area contributed by atoms with Crippen molar-refractivity contribution in [2.75, 3.05) is 33.7 Å². The molecular formula is C88H144N2O21P4Si3. The number of benzene rings is 1. The van der Waals surface area contributed by atoms with Gasteiger partial charge in [-0.15, -0.1) is 17.9 Å². The molecule has 0 aromatic heterocycles. The van der Waals surface area contributed by atoms with Gasteiger partial charge in [0.15, 0.2) is 55.2 Å². The maximum Gasteiger partial charge on any atom is 0.407 e. The van der Waals surface area contributed by atoms with Crippen LogP contribution in [0.25, 0.3) is 0 Å². The first-order chi connectivity index (χ1) is 56.1. The van der Waals surface area contributed by atoms with E-state index in [9.17, 15) is 24.5 Å². The lowest BCUT2D eigenvalue weighted by atomic mass is 9.82. The van der Waals surface area contributed by atoms with Crippen molar-refractivity contribution in [2.24, 2.45) is 23.7 Å². The molecule has 23 nitrogen and oxygen atoms in total. The number of nitro groups is 1. The molecule has 4 fully saturated rings. The summed E-state index contributed by atoms with van der Waals surface area (Å²) in [4.78, 5) is 70.4. The van der Waals surface area contributed by atoms with E-state index in [0.717, 1.165) is 24.2 Å². The summed E-state index contributed by atoms with van der Waals surface area (Å²) in [6, 6.07) is 7.19. The third kappa shape index (κ3) is 29.2. The highest BCUT2D eigenvalue weighted by molar-refractivity contribution is 8.13. The topological polar surface area (TPSA) is 262 Å². The Morgan fingerprint density at radius 3 is 1.65 bits per heavy atom. The van der Waals surface area contributed by atoms with Gasteiger partial charge in [-0.05, 0) is 138 Å². The van der Waals surface area contributed by atoms with Crippen molar-refractivity contribution >= 4 is 87.7 Å². The second-order valence-corrected chi connectivity index (χ2v) is 56.5. The molecule has 5 aliphatic heterocycles. The maximum absolute atomic E-state index is 15.6. The number of nitrogens with one attached hydrogen (secondary N) is 1. The van der Waals surface area contributed by atoms with E-state index in [1.54, 1.807) is 7.11 Å². The van der Waals surface area contributed by atoms with Crippen LogP contribution in [0.1, 0.15) is 179 Å². The number of amides is 1. The predicted molar refractivity (Wildman–Crippen MR) is 485 cm³/mol. The van der Waals surface area contributed by atoms with Gasteiger partial charge in [-0.3, -0.25) is 19.7 Å². The molecule has 118 heavy (non-hydrogen) atoms. The SMILES string of the molecule is C=CCOC(=O)N[C@@H]1[C@@H](OC(=O)c2ccc([N+](=O)[O-])cc2)[C@H](O[C@H]2/C=C/C=C/C=C/C=C/C=C/C=C/C=C/[C@H](C)[C@@H](C)[C@@H](C)[C@H](C)OC(=O)CC3CC(CC[C@@H](O[Si](CC)(CC)C(C)C)C4CC(C[C@]5(OC)C[C@H](O[Si](CC)(CC)C(C)C)[C@@H](C(=O)OCC=C)C(C2)O5)OC(P(C)P)O4)OC(P(C)P)O3)O[C@H](C)[C@H]1O[Si](CC)(CC)C(C)C. The van der Waals surface area contributed by atoms with Gasteiger partial charge in [-0.1, -0.05) is 214 Å². The summed E-state index contributed by atoms with van der Waals surface area (Å²) in [5, 5.41) is 15.0. The van der Waals surface area contributed by atoms with E-state index in [1.807, 2.05) is 92.8 Å². The van der Waals surface area contributed by atoms with Crippen LogP contribution in [0.5, 0.6) is 0 Å².